The quantitative estimate of drug-likeness (QED) is 0.824. The summed E-state index contributed by atoms with van der Waals surface area (Å²) in [6.07, 6.45) is 1.52. The highest BCUT2D eigenvalue weighted by atomic mass is 32.1. The van der Waals surface area contributed by atoms with Crippen molar-refractivity contribution in [3.8, 4) is 0 Å². The van der Waals surface area contributed by atoms with Gasteiger partial charge in [0, 0.05) is 17.6 Å². The van der Waals surface area contributed by atoms with Gasteiger partial charge in [0.25, 0.3) is 0 Å². The van der Waals surface area contributed by atoms with E-state index in [4.69, 9.17) is 5.11 Å². The van der Waals surface area contributed by atoms with E-state index in [9.17, 15) is 4.79 Å². The van der Waals surface area contributed by atoms with Gasteiger partial charge in [0.1, 0.15) is 6.33 Å². The van der Waals surface area contributed by atoms with E-state index in [1.54, 1.807) is 0 Å². The highest BCUT2D eigenvalue weighted by Crippen LogP contribution is 2.25. The molecule has 0 aliphatic rings. The lowest BCUT2D eigenvalue weighted by atomic mass is 9.85. The standard InChI is InChI=1S/C9H15N3O2S/c1-9(2,3)6(4-7(13)14)12-8-10-5-11-15-8/h5-6H,4H2,1-3H3,(H,13,14)(H,10,11,12). The van der Waals surface area contributed by atoms with Crippen LogP contribution in [0, 0.1) is 5.41 Å². The van der Waals surface area contributed by atoms with Gasteiger partial charge in [0.05, 0.1) is 6.42 Å². The number of aliphatic carboxylic acids is 1. The molecule has 0 bridgehead atoms. The van der Waals surface area contributed by atoms with Crippen LogP contribution in [-0.2, 0) is 4.79 Å². The Morgan fingerprint density at radius 2 is 2.33 bits per heavy atom. The molecule has 0 aliphatic heterocycles. The van der Waals surface area contributed by atoms with Crippen molar-refractivity contribution in [2.45, 2.75) is 33.2 Å². The van der Waals surface area contributed by atoms with Gasteiger partial charge in [-0.2, -0.15) is 4.37 Å². The number of anilines is 1. The zero-order valence-electron chi connectivity index (χ0n) is 9.02. The Balaban J connectivity index is 2.69. The number of hydrogen-bond donors (Lipinski definition) is 2. The molecule has 2 N–H and O–H groups in total. The fourth-order valence-corrected chi connectivity index (χ4v) is 1.62. The van der Waals surface area contributed by atoms with Gasteiger partial charge in [0.2, 0.25) is 5.13 Å². The third kappa shape index (κ3) is 3.83. The summed E-state index contributed by atoms with van der Waals surface area (Å²) in [6, 6.07) is -0.150. The van der Waals surface area contributed by atoms with E-state index >= 15 is 0 Å². The number of hydrogen-bond acceptors (Lipinski definition) is 5. The molecule has 0 spiro atoms. The van der Waals surface area contributed by atoms with E-state index in [-0.39, 0.29) is 17.9 Å². The second kappa shape index (κ2) is 4.57. The maximum absolute atomic E-state index is 10.7. The number of rotatable bonds is 4. The molecular weight excluding hydrogens is 214 g/mol. The van der Waals surface area contributed by atoms with Crippen LogP contribution in [0.3, 0.4) is 0 Å². The highest BCUT2D eigenvalue weighted by Gasteiger charge is 2.27. The van der Waals surface area contributed by atoms with Crippen LogP contribution in [0.2, 0.25) is 0 Å². The molecular formula is C9H15N3O2S. The Morgan fingerprint density at radius 3 is 2.73 bits per heavy atom. The topological polar surface area (TPSA) is 75.1 Å². The van der Waals surface area contributed by atoms with Gasteiger partial charge in [0.15, 0.2) is 0 Å². The zero-order valence-corrected chi connectivity index (χ0v) is 9.84. The van der Waals surface area contributed by atoms with Crippen LogP contribution < -0.4 is 5.32 Å². The minimum absolute atomic E-state index is 0.0725. The molecule has 84 valence electrons. The summed E-state index contributed by atoms with van der Waals surface area (Å²) >= 11 is 1.23. The van der Waals surface area contributed by atoms with Gasteiger partial charge >= 0.3 is 5.97 Å². The van der Waals surface area contributed by atoms with Crippen LogP contribution in [0.25, 0.3) is 0 Å². The Kier molecular flexibility index (Phi) is 3.62. The van der Waals surface area contributed by atoms with Crippen molar-refractivity contribution in [1.82, 2.24) is 9.36 Å². The predicted octanol–water partition coefficient (Wildman–Crippen LogP) is 1.84. The molecule has 6 heteroatoms. The molecule has 0 saturated heterocycles. The monoisotopic (exact) mass is 229 g/mol. The molecule has 1 unspecified atom stereocenters. The van der Waals surface area contributed by atoms with E-state index in [2.05, 4.69) is 14.7 Å². The van der Waals surface area contributed by atoms with Crippen molar-refractivity contribution >= 4 is 22.6 Å². The number of nitrogens with one attached hydrogen (secondary N) is 1. The first kappa shape index (κ1) is 11.9. The number of carboxylic acids is 1. The maximum atomic E-state index is 10.7. The summed E-state index contributed by atoms with van der Waals surface area (Å²) in [4.78, 5) is 14.7. The minimum Gasteiger partial charge on any atom is -0.481 e. The first-order valence-electron chi connectivity index (χ1n) is 4.64. The van der Waals surface area contributed by atoms with Gasteiger partial charge in [-0.3, -0.25) is 4.79 Å². The number of carboxylic acid groups (broad SMARTS) is 1. The van der Waals surface area contributed by atoms with Crippen molar-refractivity contribution in [2.75, 3.05) is 5.32 Å². The van der Waals surface area contributed by atoms with E-state index in [0.29, 0.717) is 5.13 Å². The fourth-order valence-electron chi connectivity index (χ4n) is 1.13. The van der Waals surface area contributed by atoms with Crippen LogP contribution in [0.1, 0.15) is 27.2 Å². The molecule has 0 amide bonds. The van der Waals surface area contributed by atoms with Crippen molar-refractivity contribution in [3.05, 3.63) is 6.33 Å². The van der Waals surface area contributed by atoms with Crippen molar-refractivity contribution in [3.63, 3.8) is 0 Å². The summed E-state index contributed by atoms with van der Waals surface area (Å²) < 4.78 is 3.86. The first-order chi connectivity index (χ1) is 6.89. The van der Waals surface area contributed by atoms with Gasteiger partial charge in [-0.1, -0.05) is 20.8 Å². The average Bonchev–Trinajstić information content (AvgIpc) is 2.53. The molecule has 1 atom stereocenters. The number of carbonyl (C=O) groups is 1. The molecule has 1 aromatic rings. The van der Waals surface area contributed by atoms with Crippen LogP contribution in [-0.4, -0.2) is 26.5 Å². The second-order valence-electron chi connectivity index (χ2n) is 4.41. The van der Waals surface area contributed by atoms with Gasteiger partial charge in [-0.15, -0.1) is 0 Å². The summed E-state index contributed by atoms with van der Waals surface area (Å²) in [7, 11) is 0. The van der Waals surface area contributed by atoms with Gasteiger partial charge < -0.3 is 10.4 Å². The second-order valence-corrected chi connectivity index (χ2v) is 5.19. The minimum atomic E-state index is -0.813. The largest absolute Gasteiger partial charge is 0.481 e. The lowest BCUT2D eigenvalue weighted by Crippen LogP contribution is -2.36. The molecule has 0 saturated carbocycles. The smallest absolute Gasteiger partial charge is 0.305 e. The average molecular weight is 229 g/mol. The van der Waals surface area contributed by atoms with Crippen LogP contribution in [0.4, 0.5) is 5.13 Å². The van der Waals surface area contributed by atoms with Crippen molar-refractivity contribution < 1.29 is 9.90 Å². The van der Waals surface area contributed by atoms with Crippen LogP contribution in [0.15, 0.2) is 6.33 Å². The van der Waals surface area contributed by atoms with Crippen LogP contribution in [0.5, 0.6) is 0 Å². The summed E-state index contributed by atoms with van der Waals surface area (Å²) in [6.45, 7) is 5.98. The normalized spacial score (nSPS) is 13.5. The van der Waals surface area contributed by atoms with Crippen molar-refractivity contribution in [1.29, 1.82) is 0 Å². The number of aromatic nitrogens is 2. The van der Waals surface area contributed by atoms with E-state index < -0.39 is 5.97 Å². The third-order valence-electron chi connectivity index (χ3n) is 2.08. The van der Waals surface area contributed by atoms with Gasteiger partial charge in [-0.25, -0.2) is 4.98 Å². The van der Waals surface area contributed by atoms with E-state index in [0.717, 1.165) is 0 Å². The molecule has 0 aromatic carbocycles. The number of nitrogens with zero attached hydrogens (tertiary/aromatic N) is 2. The zero-order chi connectivity index (χ0) is 11.5. The van der Waals surface area contributed by atoms with Crippen LogP contribution >= 0.6 is 11.5 Å². The molecule has 0 aliphatic carbocycles. The Hall–Kier alpha value is -1.17. The molecule has 5 nitrogen and oxygen atoms in total. The molecule has 1 aromatic heterocycles. The Labute approximate surface area is 92.7 Å². The predicted molar refractivity (Wildman–Crippen MR) is 59.0 cm³/mol. The molecule has 0 fully saturated rings. The SMILES string of the molecule is CC(C)(C)C(CC(=O)O)Nc1ncns1. The molecule has 15 heavy (non-hydrogen) atoms. The lowest BCUT2D eigenvalue weighted by Gasteiger charge is -2.29. The fraction of sp³-hybridized carbons (Fsp3) is 0.667. The maximum Gasteiger partial charge on any atom is 0.305 e. The molecule has 1 heterocycles. The molecule has 0 radical (unpaired) electrons. The van der Waals surface area contributed by atoms with Gasteiger partial charge in [-0.05, 0) is 5.41 Å². The lowest BCUT2D eigenvalue weighted by molar-refractivity contribution is -0.137. The Morgan fingerprint density at radius 1 is 1.67 bits per heavy atom. The molecule has 1 rings (SSSR count). The third-order valence-corrected chi connectivity index (χ3v) is 2.68. The summed E-state index contributed by atoms with van der Waals surface area (Å²) in [5.41, 5.74) is -0.135. The van der Waals surface area contributed by atoms with Crippen molar-refractivity contribution in [2.24, 2.45) is 5.41 Å². The first-order valence-corrected chi connectivity index (χ1v) is 5.42. The highest BCUT2D eigenvalue weighted by molar-refractivity contribution is 7.09. The summed E-state index contributed by atoms with van der Waals surface area (Å²) in [5.74, 6) is -0.813. The van der Waals surface area contributed by atoms with E-state index in [1.165, 1.54) is 17.9 Å². The summed E-state index contributed by atoms with van der Waals surface area (Å²) in [5, 5.41) is 12.6. The Bertz CT molecular complexity index is 319. The van der Waals surface area contributed by atoms with E-state index in [1.807, 2.05) is 20.8 Å².